The van der Waals surface area contributed by atoms with Gasteiger partial charge in [-0.1, -0.05) is 117 Å². The molecule has 2 aromatic rings. The molecule has 46 heavy (non-hydrogen) atoms. The lowest BCUT2D eigenvalue weighted by Crippen LogP contribution is -2.30. The Kier molecular flexibility index (Phi) is 24.4. The molecule has 0 spiro atoms. The number of likely N-dealkylation sites (tertiary alicyclic amines) is 1. The summed E-state index contributed by atoms with van der Waals surface area (Å²) in [7, 11) is 2.16. The monoisotopic (exact) mass is 633 g/mol. The summed E-state index contributed by atoms with van der Waals surface area (Å²) in [6.45, 7) is 32.4. The molecule has 2 fully saturated rings. The van der Waals surface area contributed by atoms with E-state index in [4.69, 9.17) is 0 Å². The molecule has 0 bridgehead atoms. The minimum Gasteiger partial charge on any atom is -0.375 e. The number of allylic oxidation sites excluding steroid dienone is 1. The van der Waals surface area contributed by atoms with Crippen LogP contribution in [-0.2, 0) is 6.42 Å². The van der Waals surface area contributed by atoms with Gasteiger partial charge in [-0.15, -0.1) is 13.2 Å². The summed E-state index contributed by atoms with van der Waals surface area (Å²) in [4.78, 5) is 5.00. The Morgan fingerprint density at radius 1 is 0.935 bits per heavy atom. The molecule has 2 atom stereocenters. The van der Waals surface area contributed by atoms with Crippen LogP contribution in [0, 0.1) is 19.3 Å². The van der Waals surface area contributed by atoms with E-state index in [1.165, 1.54) is 92.3 Å². The van der Waals surface area contributed by atoms with Crippen molar-refractivity contribution in [2.75, 3.05) is 31.6 Å². The summed E-state index contributed by atoms with van der Waals surface area (Å²) < 4.78 is 0. The Hall–Kier alpha value is -2.32. The van der Waals surface area contributed by atoms with Crippen LogP contribution in [0.4, 0.5) is 5.69 Å². The van der Waals surface area contributed by atoms with Gasteiger partial charge in [0.2, 0.25) is 0 Å². The van der Waals surface area contributed by atoms with Crippen LogP contribution in [0.3, 0.4) is 0 Å². The lowest BCUT2D eigenvalue weighted by Gasteiger charge is -2.39. The van der Waals surface area contributed by atoms with Crippen LogP contribution >= 0.6 is 0 Å². The Bertz CT molecular complexity index is 1050. The highest BCUT2D eigenvalue weighted by Crippen LogP contribution is 2.45. The molecule has 1 heterocycles. The van der Waals surface area contributed by atoms with Gasteiger partial charge in [0.25, 0.3) is 0 Å². The van der Waals surface area contributed by atoms with Crippen molar-refractivity contribution in [3.05, 3.63) is 90.0 Å². The van der Waals surface area contributed by atoms with Gasteiger partial charge in [0, 0.05) is 38.4 Å². The number of hydrogen-bond acceptors (Lipinski definition) is 2. The SMILES string of the molecule is C=CCCc1ccc(C2CC(CCCC3(C)CCC3)N(CC=C)C2)cc1C.CC.CC.CC.CCCCN(C)c1cccc(C)c1. The van der Waals surface area contributed by atoms with E-state index in [0.717, 1.165) is 32.0 Å². The highest BCUT2D eigenvalue weighted by Gasteiger charge is 2.34. The molecule has 262 valence electrons. The average molecular weight is 633 g/mol. The van der Waals surface area contributed by atoms with Crippen molar-refractivity contribution < 1.29 is 0 Å². The molecule has 0 aromatic heterocycles. The Morgan fingerprint density at radius 3 is 2.17 bits per heavy atom. The van der Waals surface area contributed by atoms with Gasteiger partial charge in [-0.2, -0.15) is 0 Å². The van der Waals surface area contributed by atoms with Gasteiger partial charge < -0.3 is 4.90 Å². The zero-order chi connectivity index (χ0) is 35.0. The predicted molar refractivity (Wildman–Crippen MR) is 212 cm³/mol. The molecule has 1 aliphatic carbocycles. The average Bonchev–Trinajstić information content (AvgIpc) is 3.48. The van der Waals surface area contributed by atoms with Gasteiger partial charge in [0.05, 0.1) is 0 Å². The Balaban J connectivity index is 0.000000895. The summed E-state index contributed by atoms with van der Waals surface area (Å²) in [5.41, 5.74) is 7.79. The smallest absolute Gasteiger partial charge is 0.0366 e. The van der Waals surface area contributed by atoms with E-state index in [0.29, 0.717) is 11.3 Å². The van der Waals surface area contributed by atoms with Crippen LogP contribution < -0.4 is 4.90 Å². The molecule has 2 aromatic carbocycles. The molecule has 2 heteroatoms. The number of aryl methyl sites for hydroxylation is 3. The Labute approximate surface area is 288 Å². The third kappa shape index (κ3) is 15.5. The van der Waals surface area contributed by atoms with Gasteiger partial charge in [-0.05, 0) is 111 Å². The summed E-state index contributed by atoms with van der Waals surface area (Å²) >= 11 is 0. The van der Waals surface area contributed by atoms with Crippen molar-refractivity contribution in [3.8, 4) is 0 Å². The maximum absolute atomic E-state index is 4.00. The summed E-state index contributed by atoms with van der Waals surface area (Å²) in [5, 5.41) is 0. The van der Waals surface area contributed by atoms with Crippen molar-refractivity contribution in [2.45, 2.75) is 152 Å². The van der Waals surface area contributed by atoms with Crippen molar-refractivity contribution in [1.82, 2.24) is 4.90 Å². The molecule has 1 saturated carbocycles. The lowest BCUT2D eigenvalue weighted by molar-refractivity contribution is 0.135. The topological polar surface area (TPSA) is 6.48 Å². The summed E-state index contributed by atoms with van der Waals surface area (Å²) in [6, 6.07) is 16.6. The maximum Gasteiger partial charge on any atom is 0.0366 e. The van der Waals surface area contributed by atoms with E-state index in [-0.39, 0.29) is 0 Å². The molecule has 0 radical (unpaired) electrons. The van der Waals surface area contributed by atoms with Crippen molar-refractivity contribution in [1.29, 1.82) is 0 Å². The molecular formula is C44H76N2. The fraction of sp³-hybridized carbons (Fsp3) is 0.636. The standard InChI is InChI=1S/C26H39N.C12H19N.3C2H6/c1-5-7-10-22-12-13-23(18-21(22)3)24-19-25(27(20-24)17-6-2)11-8-14-26(4)15-9-16-26;1-4-5-9-13(3)12-8-6-7-11(2)10-12;3*1-2/h5-6,12-13,18,24-25H,1-2,7-11,14-17,19-20H2,3-4H3;6-8,10H,4-5,9H2,1-3H3;3*1-2H3. The van der Waals surface area contributed by atoms with E-state index in [9.17, 15) is 0 Å². The highest BCUT2D eigenvalue weighted by atomic mass is 15.2. The molecule has 0 amide bonds. The molecule has 2 aliphatic rings. The van der Waals surface area contributed by atoms with Gasteiger partial charge in [0.1, 0.15) is 0 Å². The second kappa shape index (κ2) is 25.7. The summed E-state index contributed by atoms with van der Waals surface area (Å²) in [6.07, 6.45) is 18.7. The minimum atomic E-state index is 0.666. The van der Waals surface area contributed by atoms with E-state index in [1.54, 1.807) is 0 Å². The van der Waals surface area contributed by atoms with Crippen LogP contribution in [-0.4, -0.2) is 37.6 Å². The summed E-state index contributed by atoms with van der Waals surface area (Å²) in [5.74, 6) is 0.682. The first-order chi connectivity index (χ1) is 22.3. The second-order valence-electron chi connectivity index (χ2n) is 13.0. The van der Waals surface area contributed by atoms with E-state index >= 15 is 0 Å². The number of unbranched alkanes of at least 4 members (excludes halogenated alkanes) is 1. The first-order valence-corrected chi connectivity index (χ1v) is 19.1. The van der Waals surface area contributed by atoms with E-state index < -0.39 is 0 Å². The molecule has 1 aliphatic heterocycles. The number of anilines is 1. The number of benzene rings is 2. The third-order valence-electron chi connectivity index (χ3n) is 9.52. The van der Waals surface area contributed by atoms with Crippen LogP contribution in [0.2, 0.25) is 0 Å². The molecule has 1 saturated heterocycles. The quantitative estimate of drug-likeness (QED) is 0.191. The normalized spacial score (nSPS) is 17.6. The van der Waals surface area contributed by atoms with Gasteiger partial charge in [0.15, 0.2) is 0 Å². The number of hydrogen-bond donors (Lipinski definition) is 0. The lowest BCUT2D eigenvalue weighted by atomic mass is 9.67. The minimum absolute atomic E-state index is 0.666. The van der Waals surface area contributed by atoms with Crippen LogP contribution in [0.15, 0.2) is 67.8 Å². The fourth-order valence-corrected chi connectivity index (χ4v) is 6.61. The predicted octanol–water partition coefficient (Wildman–Crippen LogP) is 13.1. The maximum atomic E-state index is 4.00. The first-order valence-electron chi connectivity index (χ1n) is 19.1. The van der Waals surface area contributed by atoms with Crippen LogP contribution in [0.1, 0.15) is 148 Å². The number of nitrogens with zero attached hydrogens (tertiary/aromatic N) is 2. The second-order valence-corrected chi connectivity index (χ2v) is 13.0. The zero-order valence-corrected chi connectivity index (χ0v) is 32.6. The largest absolute Gasteiger partial charge is 0.375 e. The van der Waals surface area contributed by atoms with Crippen LogP contribution in [0.5, 0.6) is 0 Å². The highest BCUT2D eigenvalue weighted by molar-refractivity contribution is 5.47. The molecule has 2 unspecified atom stereocenters. The fourth-order valence-electron chi connectivity index (χ4n) is 6.61. The van der Waals surface area contributed by atoms with Gasteiger partial charge >= 0.3 is 0 Å². The third-order valence-corrected chi connectivity index (χ3v) is 9.52. The molecule has 4 rings (SSSR count). The molecular weight excluding hydrogens is 556 g/mol. The van der Waals surface area contributed by atoms with Crippen LogP contribution in [0.25, 0.3) is 0 Å². The van der Waals surface area contributed by atoms with E-state index in [1.807, 2.05) is 47.6 Å². The van der Waals surface area contributed by atoms with Crippen molar-refractivity contribution >= 4 is 5.69 Å². The molecule has 0 N–H and O–H groups in total. The Morgan fingerprint density at radius 2 is 1.63 bits per heavy atom. The van der Waals surface area contributed by atoms with Crippen molar-refractivity contribution in [2.24, 2.45) is 5.41 Å². The molecule has 2 nitrogen and oxygen atoms in total. The first kappa shape index (κ1) is 43.7. The van der Waals surface area contributed by atoms with Gasteiger partial charge in [-0.25, -0.2) is 0 Å². The van der Waals surface area contributed by atoms with Crippen molar-refractivity contribution in [3.63, 3.8) is 0 Å². The number of rotatable bonds is 14. The van der Waals surface area contributed by atoms with Gasteiger partial charge in [-0.3, -0.25) is 4.90 Å². The zero-order valence-electron chi connectivity index (χ0n) is 32.6. The van der Waals surface area contributed by atoms with E-state index in [2.05, 4.69) is 106 Å².